The fraction of sp³-hybridized carbons (Fsp3) is 0.100. The van der Waals surface area contributed by atoms with Crippen molar-refractivity contribution in [2.24, 2.45) is 12.8 Å². The molecule has 0 aliphatic heterocycles. The second-order valence-electron chi connectivity index (χ2n) is 3.26. The lowest BCUT2D eigenvalue weighted by atomic mass is 10.2. The molecule has 0 aliphatic carbocycles. The number of aromatic nitrogens is 3. The van der Waals surface area contributed by atoms with Crippen LogP contribution in [0.5, 0.6) is 0 Å². The Hall–Kier alpha value is -1.95. The molecule has 2 rings (SSSR count). The van der Waals surface area contributed by atoms with E-state index < -0.39 is 0 Å². The van der Waals surface area contributed by atoms with E-state index in [-0.39, 0.29) is 0 Å². The molecule has 3 N–H and O–H groups in total. The van der Waals surface area contributed by atoms with E-state index in [1.165, 1.54) is 0 Å². The predicted octanol–water partition coefficient (Wildman–Crippen LogP) is 1.19. The molecule has 0 unspecified atom stereocenters. The molecule has 6 heteroatoms. The van der Waals surface area contributed by atoms with Crippen LogP contribution < -0.4 is 11.1 Å². The standard InChI is InChI=1S/C10H11N5S/c1-15-6-4-8(14-15)13-10-7(9(11)16)3-2-5-12-10/h2-6H,1H3,(H2,11,16)(H,12,13,14). The van der Waals surface area contributed by atoms with Gasteiger partial charge in [-0.2, -0.15) is 5.10 Å². The molecule has 2 heterocycles. The van der Waals surface area contributed by atoms with E-state index in [1.54, 1.807) is 16.9 Å². The summed E-state index contributed by atoms with van der Waals surface area (Å²) < 4.78 is 1.70. The van der Waals surface area contributed by atoms with Gasteiger partial charge in [-0.15, -0.1) is 0 Å². The van der Waals surface area contributed by atoms with Crippen LogP contribution in [0.3, 0.4) is 0 Å². The van der Waals surface area contributed by atoms with Crippen LogP contribution in [0, 0.1) is 0 Å². The van der Waals surface area contributed by atoms with E-state index >= 15 is 0 Å². The smallest absolute Gasteiger partial charge is 0.153 e. The summed E-state index contributed by atoms with van der Waals surface area (Å²) in [5.41, 5.74) is 6.31. The Morgan fingerprint density at radius 2 is 2.31 bits per heavy atom. The van der Waals surface area contributed by atoms with E-state index in [2.05, 4.69) is 15.4 Å². The summed E-state index contributed by atoms with van der Waals surface area (Å²) in [6.45, 7) is 0. The van der Waals surface area contributed by atoms with Crippen molar-refractivity contribution in [1.29, 1.82) is 0 Å². The van der Waals surface area contributed by atoms with Crippen LogP contribution in [0.1, 0.15) is 5.56 Å². The topological polar surface area (TPSA) is 68.8 Å². The monoisotopic (exact) mass is 233 g/mol. The molecule has 82 valence electrons. The summed E-state index contributed by atoms with van der Waals surface area (Å²) in [6.07, 6.45) is 3.51. The fourth-order valence-electron chi connectivity index (χ4n) is 1.31. The number of anilines is 2. The van der Waals surface area contributed by atoms with Crippen molar-refractivity contribution in [2.45, 2.75) is 0 Å². The zero-order valence-electron chi connectivity index (χ0n) is 8.71. The van der Waals surface area contributed by atoms with Crippen LogP contribution in [0.15, 0.2) is 30.6 Å². The number of nitrogens with two attached hydrogens (primary N) is 1. The van der Waals surface area contributed by atoms with Crippen LogP contribution in [0.4, 0.5) is 11.6 Å². The highest BCUT2D eigenvalue weighted by Crippen LogP contribution is 2.16. The van der Waals surface area contributed by atoms with Crippen LogP contribution in [0.25, 0.3) is 0 Å². The first kappa shape index (κ1) is 10.6. The molecular weight excluding hydrogens is 222 g/mol. The van der Waals surface area contributed by atoms with Crippen LogP contribution >= 0.6 is 12.2 Å². The van der Waals surface area contributed by atoms with E-state index in [0.717, 1.165) is 0 Å². The lowest BCUT2D eigenvalue weighted by Crippen LogP contribution is -2.12. The van der Waals surface area contributed by atoms with Crippen molar-refractivity contribution in [1.82, 2.24) is 14.8 Å². The van der Waals surface area contributed by atoms with Gasteiger partial charge >= 0.3 is 0 Å². The fourth-order valence-corrected chi connectivity index (χ4v) is 1.47. The molecule has 0 atom stereocenters. The number of nitrogens with zero attached hydrogens (tertiary/aromatic N) is 3. The summed E-state index contributed by atoms with van der Waals surface area (Å²) in [7, 11) is 1.85. The Labute approximate surface area is 98.3 Å². The lowest BCUT2D eigenvalue weighted by molar-refractivity contribution is 0.771. The van der Waals surface area contributed by atoms with Crippen LogP contribution in [0.2, 0.25) is 0 Å². The first-order valence-corrected chi connectivity index (χ1v) is 5.09. The van der Waals surface area contributed by atoms with Gasteiger partial charge in [0.15, 0.2) is 5.82 Å². The predicted molar refractivity (Wildman–Crippen MR) is 66.6 cm³/mol. The minimum absolute atomic E-state index is 0.312. The van der Waals surface area contributed by atoms with Gasteiger partial charge in [0, 0.05) is 25.5 Å². The molecule has 0 amide bonds. The molecule has 0 radical (unpaired) electrons. The van der Waals surface area contributed by atoms with Crippen molar-refractivity contribution >= 4 is 28.8 Å². The Morgan fingerprint density at radius 3 is 2.94 bits per heavy atom. The molecule has 2 aromatic rings. The Kier molecular flexibility index (Phi) is 2.82. The maximum atomic E-state index is 5.60. The number of thiocarbonyl (C=S) groups is 1. The zero-order valence-corrected chi connectivity index (χ0v) is 9.53. The summed E-state index contributed by atoms with van der Waals surface area (Å²) in [5.74, 6) is 1.33. The highest BCUT2D eigenvalue weighted by atomic mass is 32.1. The molecule has 16 heavy (non-hydrogen) atoms. The van der Waals surface area contributed by atoms with Gasteiger partial charge in [0.25, 0.3) is 0 Å². The molecule has 0 saturated carbocycles. The average Bonchev–Trinajstić information content (AvgIpc) is 2.64. The normalized spacial score (nSPS) is 10.1. The lowest BCUT2D eigenvalue weighted by Gasteiger charge is -2.06. The number of pyridine rings is 1. The third-order valence-electron chi connectivity index (χ3n) is 2.03. The third-order valence-corrected chi connectivity index (χ3v) is 2.25. The average molecular weight is 233 g/mol. The Balaban J connectivity index is 2.31. The Morgan fingerprint density at radius 1 is 1.50 bits per heavy atom. The molecule has 0 aromatic carbocycles. The highest BCUT2D eigenvalue weighted by Gasteiger charge is 2.06. The minimum atomic E-state index is 0.312. The van der Waals surface area contributed by atoms with E-state index in [1.807, 2.05) is 25.4 Å². The number of hydrogen-bond donors (Lipinski definition) is 2. The second-order valence-corrected chi connectivity index (χ2v) is 3.70. The largest absolute Gasteiger partial charge is 0.389 e. The van der Waals surface area contributed by atoms with Gasteiger partial charge in [0.2, 0.25) is 0 Å². The van der Waals surface area contributed by atoms with Gasteiger partial charge in [0.1, 0.15) is 10.8 Å². The van der Waals surface area contributed by atoms with Gasteiger partial charge < -0.3 is 11.1 Å². The molecule has 0 saturated heterocycles. The summed E-state index contributed by atoms with van der Waals surface area (Å²) >= 11 is 4.94. The first-order chi connectivity index (χ1) is 7.66. The van der Waals surface area contributed by atoms with Gasteiger partial charge in [-0.05, 0) is 12.1 Å². The first-order valence-electron chi connectivity index (χ1n) is 4.68. The molecule has 0 fully saturated rings. The number of rotatable bonds is 3. The van der Waals surface area contributed by atoms with Gasteiger partial charge in [-0.25, -0.2) is 4.98 Å². The van der Waals surface area contributed by atoms with E-state index in [9.17, 15) is 0 Å². The molecule has 0 aliphatic rings. The van der Waals surface area contributed by atoms with Gasteiger partial charge in [-0.3, -0.25) is 4.68 Å². The van der Waals surface area contributed by atoms with E-state index in [4.69, 9.17) is 18.0 Å². The molecule has 0 spiro atoms. The molecule has 5 nitrogen and oxygen atoms in total. The van der Waals surface area contributed by atoms with E-state index in [0.29, 0.717) is 22.2 Å². The second kappa shape index (κ2) is 4.28. The third kappa shape index (κ3) is 2.17. The highest BCUT2D eigenvalue weighted by molar-refractivity contribution is 7.80. The van der Waals surface area contributed by atoms with Gasteiger partial charge in [-0.1, -0.05) is 12.2 Å². The van der Waals surface area contributed by atoms with Crippen molar-refractivity contribution in [2.75, 3.05) is 5.32 Å². The molecule has 0 bridgehead atoms. The summed E-state index contributed by atoms with van der Waals surface area (Å²) in [6, 6.07) is 5.46. The quantitative estimate of drug-likeness (QED) is 0.779. The molecule has 2 aromatic heterocycles. The number of aryl methyl sites for hydroxylation is 1. The maximum absolute atomic E-state index is 5.60. The SMILES string of the molecule is Cn1ccc(Nc2ncccc2C(N)=S)n1. The minimum Gasteiger partial charge on any atom is -0.389 e. The van der Waals surface area contributed by atoms with Crippen molar-refractivity contribution in [3.05, 3.63) is 36.2 Å². The maximum Gasteiger partial charge on any atom is 0.153 e. The Bertz CT molecular complexity index is 519. The molecular formula is C10H11N5S. The number of nitrogens with one attached hydrogen (secondary N) is 1. The van der Waals surface area contributed by atoms with Crippen molar-refractivity contribution in [3.8, 4) is 0 Å². The van der Waals surface area contributed by atoms with Gasteiger partial charge in [0.05, 0.1) is 5.56 Å². The zero-order chi connectivity index (χ0) is 11.5. The number of hydrogen-bond acceptors (Lipinski definition) is 4. The van der Waals surface area contributed by atoms with Crippen molar-refractivity contribution in [3.63, 3.8) is 0 Å². The van der Waals surface area contributed by atoms with Crippen LogP contribution in [-0.4, -0.2) is 19.8 Å². The summed E-state index contributed by atoms with van der Waals surface area (Å²) in [5, 5.41) is 7.25. The summed E-state index contributed by atoms with van der Waals surface area (Å²) in [4.78, 5) is 4.49. The van der Waals surface area contributed by atoms with Crippen molar-refractivity contribution < 1.29 is 0 Å². The van der Waals surface area contributed by atoms with Crippen LogP contribution in [-0.2, 0) is 7.05 Å².